The van der Waals surface area contributed by atoms with Gasteiger partial charge in [-0.1, -0.05) is 182 Å². The van der Waals surface area contributed by atoms with Gasteiger partial charge in [-0.05, 0) is 95.6 Å². The molecule has 59 heavy (non-hydrogen) atoms. The first-order valence-electron chi connectivity index (χ1n) is 20.5. The van der Waals surface area contributed by atoms with E-state index in [0.717, 1.165) is 49.8 Å². The summed E-state index contributed by atoms with van der Waals surface area (Å²) < 4.78 is 6.74. The topological polar surface area (TPSA) is 30.2 Å². The van der Waals surface area contributed by atoms with Crippen molar-refractivity contribution in [3.63, 3.8) is 0 Å². The maximum Gasteiger partial charge on any atom is 0.193 e. The third-order valence-corrected chi connectivity index (χ3v) is 14.1. The van der Waals surface area contributed by atoms with Crippen molar-refractivity contribution >= 4 is 27.7 Å². The molecule has 0 saturated carbocycles. The number of para-hydroxylation sites is 1. The Hall–Kier alpha value is -7.55. The third kappa shape index (κ3) is 3.56. The fourth-order valence-corrected chi connectivity index (χ4v) is 12.0. The number of benzene rings is 9. The zero-order chi connectivity index (χ0) is 38.6. The maximum absolute atomic E-state index is 15.5. The number of carbonyl (C=O) groups excluding carboxylic acids is 1. The molecule has 1 heterocycles. The van der Waals surface area contributed by atoms with Gasteiger partial charge in [0.15, 0.2) is 5.78 Å². The van der Waals surface area contributed by atoms with Crippen molar-refractivity contribution in [1.29, 1.82) is 0 Å². The molecule has 0 saturated heterocycles. The molecular formula is C57H32O2. The quantitative estimate of drug-likeness (QED) is 0.165. The van der Waals surface area contributed by atoms with Crippen molar-refractivity contribution < 1.29 is 9.21 Å². The van der Waals surface area contributed by atoms with E-state index >= 15 is 4.79 Å². The third-order valence-electron chi connectivity index (χ3n) is 14.1. The van der Waals surface area contributed by atoms with Gasteiger partial charge in [0.25, 0.3) is 0 Å². The van der Waals surface area contributed by atoms with Crippen molar-refractivity contribution in [3.05, 3.63) is 250 Å². The average Bonchev–Trinajstić information content (AvgIpc) is 4.07. The van der Waals surface area contributed by atoms with E-state index in [1.54, 1.807) is 0 Å². The smallest absolute Gasteiger partial charge is 0.193 e. The van der Waals surface area contributed by atoms with E-state index in [-0.39, 0.29) is 5.78 Å². The van der Waals surface area contributed by atoms with Crippen molar-refractivity contribution in [2.45, 2.75) is 10.8 Å². The van der Waals surface area contributed by atoms with Crippen LogP contribution in [0, 0.1) is 0 Å². The molecule has 0 fully saturated rings. The zero-order valence-corrected chi connectivity index (χ0v) is 31.8. The Kier molecular flexibility index (Phi) is 5.82. The Labute approximate surface area is 340 Å². The van der Waals surface area contributed by atoms with Crippen LogP contribution in [0.15, 0.2) is 199 Å². The standard InChI is InChI=1S/C57H32O2/c58-54(33-28-29-37-36-16-3-9-23-45(36)56(50(37)32-33)43-21-7-1-14-34(43)35-15-2-8-22-44(35)56)42-20-13-26-48-52(42)40-18-4-10-24-46(40)57(48)47-25-11-5-19-41(47)53-49(57)31-30-39-38-17-6-12-27-51(38)59-55(39)53/h1-32H. The fourth-order valence-electron chi connectivity index (χ4n) is 12.0. The van der Waals surface area contributed by atoms with Crippen LogP contribution in [0.1, 0.15) is 60.4 Å². The van der Waals surface area contributed by atoms with Crippen LogP contribution in [-0.2, 0) is 10.8 Å². The molecule has 0 N–H and O–H groups in total. The molecule has 14 rings (SSSR count). The van der Waals surface area contributed by atoms with Crippen LogP contribution in [-0.4, -0.2) is 5.78 Å². The van der Waals surface area contributed by atoms with Crippen LogP contribution in [0.25, 0.3) is 66.4 Å². The van der Waals surface area contributed by atoms with E-state index in [1.165, 1.54) is 66.8 Å². The lowest BCUT2D eigenvalue weighted by Crippen LogP contribution is -2.26. The van der Waals surface area contributed by atoms with Crippen LogP contribution in [0.2, 0.25) is 0 Å². The summed E-state index contributed by atoms with van der Waals surface area (Å²) >= 11 is 0. The molecule has 0 radical (unpaired) electrons. The van der Waals surface area contributed by atoms with Crippen molar-refractivity contribution in [3.8, 4) is 44.5 Å². The van der Waals surface area contributed by atoms with E-state index in [9.17, 15) is 0 Å². The van der Waals surface area contributed by atoms with Gasteiger partial charge in [0.2, 0.25) is 0 Å². The minimum atomic E-state index is -0.623. The summed E-state index contributed by atoms with van der Waals surface area (Å²) in [5, 5.41) is 2.23. The lowest BCUT2D eigenvalue weighted by Gasteiger charge is -2.30. The minimum Gasteiger partial charge on any atom is -0.455 e. The SMILES string of the molecule is O=C(c1ccc2c(c1)C1(c3ccccc3-c3ccccc31)c1ccccc1-2)c1cccc2c1-c1ccccc1C21c2ccccc2-c2c1ccc1c2oc2ccccc21. The monoisotopic (exact) mass is 748 g/mol. The number of rotatable bonds is 2. The summed E-state index contributed by atoms with van der Waals surface area (Å²) in [6, 6.07) is 69.7. The van der Waals surface area contributed by atoms with Gasteiger partial charge in [-0.3, -0.25) is 4.79 Å². The number of fused-ring (bicyclic) bond motifs is 24. The molecular weight excluding hydrogens is 717 g/mol. The zero-order valence-electron chi connectivity index (χ0n) is 31.8. The molecule has 0 amide bonds. The Balaban J connectivity index is 1.01. The van der Waals surface area contributed by atoms with Gasteiger partial charge in [-0.25, -0.2) is 0 Å². The second kappa shape index (κ2) is 10.9. The van der Waals surface area contributed by atoms with Gasteiger partial charge < -0.3 is 4.42 Å². The Morgan fingerprint density at radius 2 is 0.831 bits per heavy atom. The Bertz CT molecular complexity index is 3480. The molecule has 2 heteroatoms. The van der Waals surface area contributed by atoms with Gasteiger partial charge in [-0.15, -0.1) is 0 Å². The highest BCUT2D eigenvalue weighted by atomic mass is 16.3. The highest BCUT2D eigenvalue weighted by Gasteiger charge is 2.54. The molecule has 9 aromatic carbocycles. The second-order valence-corrected chi connectivity index (χ2v) is 16.5. The van der Waals surface area contributed by atoms with Crippen molar-refractivity contribution in [2.75, 3.05) is 0 Å². The van der Waals surface area contributed by atoms with Gasteiger partial charge in [0, 0.05) is 27.5 Å². The van der Waals surface area contributed by atoms with Crippen molar-refractivity contribution in [2.24, 2.45) is 0 Å². The van der Waals surface area contributed by atoms with Crippen LogP contribution >= 0.6 is 0 Å². The first-order chi connectivity index (χ1) is 29.2. The van der Waals surface area contributed by atoms with E-state index in [2.05, 4.69) is 182 Å². The summed E-state index contributed by atoms with van der Waals surface area (Å²) in [4.78, 5) is 15.5. The molecule has 2 spiro atoms. The first kappa shape index (κ1) is 31.5. The molecule has 0 aliphatic heterocycles. The maximum atomic E-state index is 15.5. The predicted molar refractivity (Wildman–Crippen MR) is 236 cm³/mol. The van der Waals surface area contributed by atoms with E-state index in [4.69, 9.17) is 4.42 Å². The molecule has 1 atom stereocenters. The molecule has 2 nitrogen and oxygen atoms in total. The number of furan rings is 1. The molecule has 272 valence electrons. The van der Waals surface area contributed by atoms with Gasteiger partial charge in [0.05, 0.1) is 10.8 Å². The molecule has 4 aliphatic rings. The van der Waals surface area contributed by atoms with Crippen molar-refractivity contribution in [1.82, 2.24) is 0 Å². The summed E-state index contributed by atoms with van der Waals surface area (Å²) in [5.74, 6) is 0.0291. The predicted octanol–water partition coefficient (Wildman–Crippen LogP) is 13.5. The first-order valence-corrected chi connectivity index (χ1v) is 20.5. The van der Waals surface area contributed by atoms with Gasteiger partial charge in [0.1, 0.15) is 11.2 Å². The number of hydrogen-bond donors (Lipinski definition) is 0. The van der Waals surface area contributed by atoms with E-state index < -0.39 is 10.8 Å². The number of ketones is 1. The second-order valence-electron chi connectivity index (χ2n) is 16.5. The molecule has 4 aliphatic carbocycles. The highest BCUT2D eigenvalue weighted by molar-refractivity contribution is 6.17. The van der Waals surface area contributed by atoms with E-state index in [1.807, 2.05) is 12.1 Å². The average molecular weight is 749 g/mol. The molecule has 0 bridgehead atoms. The Morgan fingerprint density at radius 3 is 1.47 bits per heavy atom. The van der Waals surface area contributed by atoms with Crippen LogP contribution in [0.5, 0.6) is 0 Å². The van der Waals surface area contributed by atoms with Crippen LogP contribution in [0.4, 0.5) is 0 Å². The molecule has 10 aromatic rings. The van der Waals surface area contributed by atoms with Gasteiger partial charge in [-0.2, -0.15) is 0 Å². The summed E-state index contributed by atoms with van der Waals surface area (Å²) in [6.45, 7) is 0. The summed E-state index contributed by atoms with van der Waals surface area (Å²) in [6.07, 6.45) is 0. The molecule has 1 aromatic heterocycles. The lowest BCUT2D eigenvalue weighted by atomic mass is 9.70. The van der Waals surface area contributed by atoms with Crippen LogP contribution in [0.3, 0.4) is 0 Å². The highest BCUT2D eigenvalue weighted by Crippen LogP contribution is 2.66. The summed E-state index contributed by atoms with van der Waals surface area (Å²) in [7, 11) is 0. The fraction of sp³-hybridized carbons (Fsp3) is 0.0351. The van der Waals surface area contributed by atoms with Crippen LogP contribution < -0.4 is 0 Å². The lowest BCUT2D eigenvalue weighted by molar-refractivity contribution is 0.103. The number of carbonyl (C=O) groups is 1. The normalized spacial score (nSPS) is 16.4. The Morgan fingerprint density at radius 1 is 0.356 bits per heavy atom. The largest absolute Gasteiger partial charge is 0.455 e. The minimum absolute atomic E-state index is 0.0291. The summed E-state index contributed by atoms with van der Waals surface area (Å²) in [5.41, 5.74) is 21.1. The number of hydrogen-bond acceptors (Lipinski definition) is 2. The molecule has 1 unspecified atom stereocenters. The van der Waals surface area contributed by atoms with Gasteiger partial charge >= 0.3 is 0 Å². The van der Waals surface area contributed by atoms with E-state index in [0.29, 0.717) is 5.56 Å².